The molecule has 0 aliphatic carbocycles. The van der Waals surface area contributed by atoms with E-state index < -0.39 is 16.5 Å². The molecule has 2 N–H and O–H groups in total. The Bertz CT molecular complexity index is 465. The number of hydrogen-bond donors (Lipinski definition) is 2. The summed E-state index contributed by atoms with van der Waals surface area (Å²) in [4.78, 5) is 16.2. The molecule has 6 nitrogen and oxygen atoms in total. The summed E-state index contributed by atoms with van der Waals surface area (Å²) in [5, 5.41) is 0. The van der Waals surface area contributed by atoms with Crippen LogP contribution in [0.5, 0.6) is 0 Å². The van der Waals surface area contributed by atoms with Crippen LogP contribution < -0.4 is 0 Å². The molecule has 0 aromatic rings. The molecule has 0 saturated carbocycles. The molecule has 0 radical (unpaired) electrons. The van der Waals surface area contributed by atoms with E-state index >= 15 is 0 Å². The lowest BCUT2D eigenvalue weighted by atomic mass is 10.1. The summed E-state index contributed by atoms with van der Waals surface area (Å²) < 4.78 is 28.2. The maximum atomic E-state index is 10.4. The molecule has 2 atom stereocenters. The SMILES string of the molecule is CC(C)=CCCC(C)=CCCC(C)=CCO[PH](=O)O.CO[PH](=O)O. The van der Waals surface area contributed by atoms with Crippen LogP contribution in [0, 0.1) is 0 Å². The van der Waals surface area contributed by atoms with E-state index in [1.54, 1.807) is 0 Å². The van der Waals surface area contributed by atoms with E-state index in [4.69, 9.17) is 9.79 Å². The van der Waals surface area contributed by atoms with Gasteiger partial charge in [0.25, 0.3) is 0 Å². The van der Waals surface area contributed by atoms with Gasteiger partial charge in [-0.15, -0.1) is 0 Å². The lowest BCUT2D eigenvalue weighted by molar-refractivity contribution is 0.312. The summed E-state index contributed by atoms with van der Waals surface area (Å²) in [5.41, 5.74) is 3.98. The Hall–Kier alpha value is -0.480. The smallest absolute Gasteiger partial charge is 0.316 e. The minimum Gasteiger partial charge on any atom is -0.326 e. The van der Waals surface area contributed by atoms with Crippen molar-refractivity contribution in [1.29, 1.82) is 0 Å². The molecule has 0 bridgehead atoms. The summed E-state index contributed by atoms with van der Waals surface area (Å²) in [7, 11) is -4.23. The van der Waals surface area contributed by atoms with Crippen LogP contribution in [0.3, 0.4) is 0 Å². The fourth-order valence-electron chi connectivity index (χ4n) is 1.59. The maximum Gasteiger partial charge on any atom is 0.316 e. The predicted molar refractivity (Wildman–Crippen MR) is 101 cm³/mol. The van der Waals surface area contributed by atoms with Crippen molar-refractivity contribution >= 4 is 16.5 Å². The van der Waals surface area contributed by atoms with E-state index in [0.717, 1.165) is 25.7 Å². The van der Waals surface area contributed by atoms with Gasteiger partial charge in [-0.25, -0.2) is 0 Å². The second kappa shape index (κ2) is 17.3. The number of hydrogen-bond acceptors (Lipinski definition) is 4. The molecule has 8 heteroatoms. The highest BCUT2D eigenvalue weighted by Crippen LogP contribution is 2.15. The normalized spacial score (nSPS) is 14.5. The van der Waals surface area contributed by atoms with Gasteiger partial charge in [0.1, 0.15) is 0 Å². The standard InChI is InChI=1S/C15H27O3P.CH5O3P/c1-13(2)7-5-8-14(3)9-6-10-15(4)11-12-18-19(16)17;1-4-5(2)3/h7,9,11,19H,5-6,8,10,12H2,1-4H3,(H,16,17);5H,1H3,(H,2,3). The average Bonchev–Trinajstić information content (AvgIpc) is 2.47. The van der Waals surface area contributed by atoms with Gasteiger partial charge in [-0.3, -0.25) is 9.13 Å². The summed E-state index contributed by atoms with van der Waals surface area (Å²) >= 11 is 0. The first-order valence-corrected chi connectivity index (χ1v) is 10.3. The van der Waals surface area contributed by atoms with E-state index in [-0.39, 0.29) is 6.61 Å². The Morgan fingerprint density at radius 1 is 0.875 bits per heavy atom. The van der Waals surface area contributed by atoms with Crippen LogP contribution >= 0.6 is 16.5 Å². The lowest BCUT2D eigenvalue weighted by Gasteiger charge is -2.01. The molecule has 2 unspecified atom stereocenters. The number of allylic oxidation sites excluding steroid dienone is 5. The first-order chi connectivity index (χ1) is 11.2. The molecule has 0 aromatic heterocycles. The average molecular weight is 382 g/mol. The highest BCUT2D eigenvalue weighted by Gasteiger charge is 1.93. The van der Waals surface area contributed by atoms with E-state index in [1.165, 1.54) is 23.8 Å². The summed E-state index contributed by atoms with van der Waals surface area (Å²) in [6.07, 6.45) is 10.6. The van der Waals surface area contributed by atoms with Crippen LogP contribution in [-0.4, -0.2) is 23.5 Å². The first kappa shape index (κ1) is 25.8. The topological polar surface area (TPSA) is 93.1 Å². The molecular formula is C16H32O6P2. The van der Waals surface area contributed by atoms with Gasteiger partial charge in [-0.1, -0.05) is 34.9 Å². The van der Waals surface area contributed by atoms with Crippen molar-refractivity contribution in [2.75, 3.05) is 13.7 Å². The second-order valence-corrected chi connectivity index (χ2v) is 7.27. The minimum absolute atomic E-state index is 0.226. The maximum absolute atomic E-state index is 10.4. The van der Waals surface area contributed by atoms with Gasteiger partial charge in [0.15, 0.2) is 0 Å². The third-order valence-electron chi connectivity index (χ3n) is 2.94. The summed E-state index contributed by atoms with van der Waals surface area (Å²) in [6, 6.07) is 0. The highest BCUT2D eigenvalue weighted by atomic mass is 31.1. The molecule has 0 rings (SSSR count). The van der Waals surface area contributed by atoms with Crippen LogP contribution in [-0.2, 0) is 18.2 Å². The quantitative estimate of drug-likeness (QED) is 0.416. The zero-order valence-electron chi connectivity index (χ0n) is 15.3. The molecule has 0 aliphatic heterocycles. The molecular weight excluding hydrogens is 350 g/mol. The molecule has 0 fully saturated rings. The van der Waals surface area contributed by atoms with Gasteiger partial charge in [0.05, 0.1) is 6.61 Å². The van der Waals surface area contributed by atoms with Crippen LogP contribution in [0.1, 0.15) is 53.4 Å². The third kappa shape index (κ3) is 23.8. The van der Waals surface area contributed by atoms with Crippen molar-refractivity contribution in [3.63, 3.8) is 0 Å². The third-order valence-corrected chi connectivity index (χ3v) is 3.70. The van der Waals surface area contributed by atoms with E-state index in [0.29, 0.717) is 0 Å². The Labute approximate surface area is 147 Å². The van der Waals surface area contributed by atoms with Crippen molar-refractivity contribution in [2.45, 2.75) is 53.4 Å². The van der Waals surface area contributed by atoms with Gasteiger partial charge in [0.2, 0.25) is 0 Å². The molecule has 0 heterocycles. The zero-order chi connectivity index (χ0) is 19.0. The van der Waals surface area contributed by atoms with Crippen molar-refractivity contribution < 1.29 is 28.0 Å². The number of rotatable bonds is 10. The Morgan fingerprint density at radius 2 is 1.33 bits per heavy atom. The molecule has 24 heavy (non-hydrogen) atoms. The monoisotopic (exact) mass is 382 g/mol. The molecule has 0 aromatic carbocycles. The molecule has 142 valence electrons. The Morgan fingerprint density at radius 3 is 1.75 bits per heavy atom. The van der Waals surface area contributed by atoms with Crippen molar-refractivity contribution in [3.8, 4) is 0 Å². The van der Waals surface area contributed by atoms with Crippen LogP contribution in [0.25, 0.3) is 0 Å². The summed E-state index contributed by atoms with van der Waals surface area (Å²) in [5.74, 6) is 0. The first-order valence-electron chi connectivity index (χ1n) is 7.76. The van der Waals surface area contributed by atoms with E-state index in [2.05, 4.69) is 42.0 Å². The molecule has 0 saturated heterocycles. The molecule has 0 amide bonds. The Kier molecular flexibility index (Phi) is 18.6. The lowest BCUT2D eigenvalue weighted by Crippen LogP contribution is -1.85. The molecule has 0 aliphatic rings. The van der Waals surface area contributed by atoms with Gasteiger partial charge in [0, 0.05) is 7.11 Å². The largest absolute Gasteiger partial charge is 0.326 e. The van der Waals surface area contributed by atoms with Gasteiger partial charge in [-0.2, -0.15) is 0 Å². The predicted octanol–water partition coefficient (Wildman–Crippen LogP) is 4.82. The summed E-state index contributed by atoms with van der Waals surface area (Å²) in [6.45, 7) is 8.65. The molecule has 0 spiro atoms. The fourth-order valence-corrected chi connectivity index (χ4v) is 1.82. The minimum atomic E-state index is -2.79. The van der Waals surface area contributed by atoms with Crippen molar-refractivity contribution in [3.05, 3.63) is 34.9 Å². The van der Waals surface area contributed by atoms with Gasteiger partial charge < -0.3 is 18.8 Å². The zero-order valence-corrected chi connectivity index (χ0v) is 17.3. The van der Waals surface area contributed by atoms with Gasteiger partial charge in [-0.05, 0) is 53.4 Å². The van der Waals surface area contributed by atoms with Crippen molar-refractivity contribution in [1.82, 2.24) is 0 Å². The fraction of sp³-hybridized carbons (Fsp3) is 0.625. The highest BCUT2D eigenvalue weighted by molar-refractivity contribution is 7.32. The Balaban J connectivity index is 0. The van der Waals surface area contributed by atoms with Crippen molar-refractivity contribution in [2.24, 2.45) is 0 Å². The van der Waals surface area contributed by atoms with Crippen LogP contribution in [0.2, 0.25) is 0 Å². The van der Waals surface area contributed by atoms with Crippen LogP contribution in [0.4, 0.5) is 0 Å². The van der Waals surface area contributed by atoms with E-state index in [1.807, 2.05) is 13.0 Å². The van der Waals surface area contributed by atoms with Crippen LogP contribution in [0.15, 0.2) is 34.9 Å². The van der Waals surface area contributed by atoms with E-state index in [9.17, 15) is 9.13 Å². The van der Waals surface area contributed by atoms with Gasteiger partial charge >= 0.3 is 16.5 Å². The second-order valence-electron chi connectivity index (χ2n) is 5.51.